The molecule has 0 atom stereocenters. The van der Waals surface area contributed by atoms with E-state index in [9.17, 15) is 10.1 Å². The first-order valence-corrected chi connectivity index (χ1v) is 7.91. The maximum atomic E-state index is 12.3. The summed E-state index contributed by atoms with van der Waals surface area (Å²) in [7, 11) is 1.94. The zero-order chi connectivity index (χ0) is 15.5. The molecule has 0 saturated carbocycles. The molecule has 1 amide bonds. The fraction of sp³-hybridized carbons (Fsp3) is 0.625. The van der Waals surface area contributed by atoms with Crippen LogP contribution < -0.4 is 5.32 Å². The highest BCUT2D eigenvalue weighted by Gasteiger charge is 2.24. The summed E-state index contributed by atoms with van der Waals surface area (Å²) in [4.78, 5) is 14.4. The van der Waals surface area contributed by atoms with Gasteiger partial charge in [0.15, 0.2) is 0 Å². The molecule has 0 radical (unpaired) electrons. The highest BCUT2D eigenvalue weighted by molar-refractivity contribution is 5.93. The maximum Gasteiger partial charge on any atom is 0.239 e. The molecule has 2 aliphatic rings. The van der Waals surface area contributed by atoms with Crippen molar-refractivity contribution in [3.63, 3.8) is 0 Å². The van der Waals surface area contributed by atoms with Crippen LogP contribution in [0.25, 0.3) is 0 Å². The molecule has 1 aliphatic heterocycles. The average molecular weight is 302 g/mol. The molecule has 22 heavy (non-hydrogen) atoms. The molecule has 3 rings (SSSR count). The second-order valence-electron chi connectivity index (χ2n) is 5.96. The van der Waals surface area contributed by atoms with E-state index in [1.165, 1.54) is 5.69 Å². The van der Waals surface area contributed by atoms with E-state index < -0.39 is 0 Å². The van der Waals surface area contributed by atoms with Crippen LogP contribution in [0.15, 0.2) is 0 Å². The summed E-state index contributed by atoms with van der Waals surface area (Å²) in [6.07, 6.45) is 4.19. The van der Waals surface area contributed by atoms with E-state index in [2.05, 4.69) is 16.3 Å². The molecule has 0 unspecified atom stereocenters. The number of hydrogen-bond donors (Lipinski definition) is 1. The molecule has 1 aromatic heterocycles. The number of nitriles is 1. The van der Waals surface area contributed by atoms with Crippen molar-refractivity contribution < 1.29 is 9.53 Å². The smallest absolute Gasteiger partial charge is 0.239 e. The van der Waals surface area contributed by atoms with Gasteiger partial charge in [-0.05, 0) is 31.2 Å². The van der Waals surface area contributed by atoms with E-state index in [4.69, 9.17) is 4.74 Å². The Balaban J connectivity index is 1.75. The first kappa shape index (κ1) is 15.1. The molecular weight excluding hydrogens is 280 g/mol. The van der Waals surface area contributed by atoms with Crippen molar-refractivity contribution in [2.24, 2.45) is 7.05 Å². The standard InChI is InChI=1S/C16H22N4O2/c1-19-14-5-3-2-4-12(14)13(10-17)16(19)18-15(21)11-20-6-8-22-9-7-20/h2-9,11H2,1H3,(H,18,21). The monoisotopic (exact) mass is 302 g/mol. The van der Waals surface area contributed by atoms with Crippen LogP contribution in [0.2, 0.25) is 0 Å². The molecule has 1 aliphatic carbocycles. The molecule has 1 N–H and O–H groups in total. The molecule has 1 saturated heterocycles. The molecule has 6 heteroatoms. The number of hydrogen-bond acceptors (Lipinski definition) is 4. The van der Waals surface area contributed by atoms with Crippen LogP contribution in [0.5, 0.6) is 0 Å². The Morgan fingerprint density at radius 3 is 2.77 bits per heavy atom. The van der Waals surface area contributed by atoms with E-state index in [1.54, 1.807) is 0 Å². The Morgan fingerprint density at radius 2 is 2.05 bits per heavy atom. The largest absolute Gasteiger partial charge is 0.379 e. The van der Waals surface area contributed by atoms with Gasteiger partial charge >= 0.3 is 0 Å². The van der Waals surface area contributed by atoms with Crippen molar-refractivity contribution in [1.82, 2.24) is 9.47 Å². The van der Waals surface area contributed by atoms with Crippen molar-refractivity contribution in [1.29, 1.82) is 5.26 Å². The third kappa shape index (κ3) is 2.87. The van der Waals surface area contributed by atoms with Gasteiger partial charge in [0, 0.05) is 25.8 Å². The van der Waals surface area contributed by atoms with Crippen molar-refractivity contribution in [2.45, 2.75) is 25.7 Å². The van der Waals surface area contributed by atoms with Crippen molar-refractivity contribution in [3.05, 3.63) is 16.8 Å². The van der Waals surface area contributed by atoms with E-state index in [-0.39, 0.29) is 5.91 Å². The van der Waals surface area contributed by atoms with Crippen LogP contribution in [-0.4, -0.2) is 48.2 Å². The van der Waals surface area contributed by atoms with Gasteiger partial charge in [0.25, 0.3) is 0 Å². The van der Waals surface area contributed by atoms with Crippen molar-refractivity contribution in [2.75, 3.05) is 38.2 Å². The molecule has 118 valence electrons. The number of carbonyl (C=O) groups excluding carboxylic acids is 1. The first-order chi connectivity index (χ1) is 10.7. The molecule has 1 fully saturated rings. The number of fused-ring (bicyclic) bond motifs is 1. The summed E-state index contributed by atoms with van der Waals surface area (Å²) >= 11 is 0. The Bertz CT molecular complexity index is 609. The second kappa shape index (κ2) is 6.51. The summed E-state index contributed by atoms with van der Waals surface area (Å²) in [5.41, 5.74) is 2.97. The zero-order valence-corrected chi connectivity index (χ0v) is 13.0. The number of carbonyl (C=O) groups is 1. The summed E-state index contributed by atoms with van der Waals surface area (Å²) in [5, 5.41) is 12.4. The first-order valence-electron chi connectivity index (χ1n) is 7.91. The molecule has 0 aromatic carbocycles. The zero-order valence-electron chi connectivity index (χ0n) is 13.0. The summed E-state index contributed by atoms with van der Waals surface area (Å²) in [6, 6.07) is 2.28. The van der Waals surface area contributed by atoms with Crippen molar-refractivity contribution in [3.8, 4) is 6.07 Å². The minimum Gasteiger partial charge on any atom is -0.379 e. The SMILES string of the molecule is Cn1c2c(c(C#N)c1NC(=O)CN1CCOCC1)CCCC2. The highest BCUT2D eigenvalue weighted by atomic mass is 16.5. The van der Waals surface area contributed by atoms with Gasteiger partial charge in [-0.15, -0.1) is 0 Å². The van der Waals surface area contributed by atoms with Crippen LogP contribution in [0.1, 0.15) is 29.7 Å². The summed E-state index contributed by atoms with van der Waals surface area (Å²) in [5.74, 6) is 0.601. The quantitative estimate of drug-likeness (QED) is 0.906. The highest BCUT2D eigenvalue weighted by Crippen LogP contribution is 2.31. The Morgan fingerprint density at radius 1 is 1.32 bits per heavy atom. The van der Waals surface area contributed by atoms with E-state index in [1.807, 2.05) is 11.6 Å². The minimum absolute atomic E-state index is 0.0589. The Labute approximate surface area is 130 Å². The number of morpholine rings is 1. The minimum atomic E-state index is -0.0589. The second-order valence-corrected chi connectivity index (χ2v) is 5.96. The van der Waals surface area contributed by atoms with Gasteiger partial charge in [-0.3, -0.25) is 9.69 Å². The number of ether oxygens (including phenoxy) is 1. The van der Waals surface area contributed by atoms with Gasteiger partial charge in [-0.1, -0.05) is 0 Å². The molecule has 2 heterocycles. The van der Waals surface area contributed by atoms with Gasteiger partial charge in [0.1, 0.15) is 11.9 Å². The molecule has 0 bridgehead atoms. The molecule has 6 nitrogen and oxygen atoms in total. The Hall–Kier alpha value is -1.84. The lowest BCUT2D eigenvalue weighted by Gasteiger charge is -2.25. The van der Waals surface area contributed by atoms with Crippen molar-refractivity contribution >= 4 is 11.7 Å². The molecule has 0 spiro atoms. The van der Waals surface area contributed by atoms with Crippen LogP contribution in [0.3, 0.4) is 0 Å². The predicted octanol–water partition coefficient (Wildman–Crippen LogP) is 1.05. The third-order valence-electron chi connectivity index (χ3n) is 4.56. The summed E-state index contributed by atoms with van der Waals surface area (Å²) < 4.78 is 7.28. The number of amides is 1. The van der Waals surface area contributed by atoms with Crippen LogP contribution >= 0.6 is 0 Å². The topological polar surface area (TPSA) is 70.3 Å². The lowest BCUT2D eigenvalue weighted by atomic mass is 9.95. The van der Waals surface area contributed by atoms with Crippen LogP contribution in [0.4, 0.5) is 5.82 Å². The number of nitrogens with one attached hydrogen (secondary N) is 1. The van der Waals surface area contributed by atoms with E-state index in [0.29, 0.717) is 31.1 Å². The van der Waals surface area contributed by atoms with Crippen LogP contribution in [0, 0.1) is 11.3 Å². The van der Waals surface area contributed by atoms with Gasteiger partial charge in [-0.25, -0.2) is 0 Å². The Kier molecular flexibility index (Phi) is 4.46. The number of nitrogens with zero attached hydrogens (tertiary/aromatic N) is 3. The van der Waals surface area contributed by atoms with E-state index in [0.717, 1.165) is 44.3 Å². The molecular formula is C16H22N4O2. The predicted molar refractivity (Wildman–Crippen MR) is 82.7 cm³/mol. The molecule has 1 aromatic rings. The van der Waals surface area contributed by atoms with Gasteiger partial charge < -0.3 is 14.6 Å². The normalized spacial score (nSPS) is 18.5. The number of aromatic nitrogens is 1. The van der Waals surface area contributed by atoms with Gasteiger partial charge in [0.05, 0.1) is 25.3 Å². The maximum absolute atomic E-state index is 12.3. The average Bonchev–Trinajstić information content (AvgIpc) is 2.81. The number of rotatable bonds is 3. The lowest BCUT2D eigenvalue weighted by Crippen LogP contribution is -2.41. The fourth-order valence-electron chi connectivity index (χ4n) is 3.38. The van der Waals surface area contributed by atoms with Crippen LogP contribution in [-0.2, 0) is 29.4 Å². The van der Waals surface area contributed by atoms with Gasteiger partial charge in [0.2, 0.25) is 5.91 Å². The summed E-state index contributed by atoms with van der Waals surface area (Å²) in [6.45, 7) is 3.26. The number of anilines is 1. The van der Waals surface area contributed by atoms with E-state index >= 15 is 0 Å². The van der Waals surface area contributed by atoms with Gasteiger partial charge in [-0.2, -0.15) is 5.26 Å². The fourth-order valence-corrected chi connectivity index (χ4v) is 3.38. The lowest BCUT2D eigenvalue weighted by molar-refractivity contribution is -0.118. The third-order valence-corrected chi connectivity index (χ3v) is 4.56.